The van der Waals surface area contributed by atoms with E-state index in [0.717, 1.165) is 19.6 Å². The average molecular weight is 283 g/mol. The van der Waals surface area contributed by atoms with E-state index in [1.54, 1.807) is 0 Å². The van der Waals surface area contributed by atoms with Crippen LogP contribution in [0.1, 0.15) is 59.3 Å². The second kappa shape index (κ2) is 9.35. The maximum absolute atomic E-state index is 12.3. The molecule has 1 aliphatic carbocycles. The molecule has 0 saturated heterocycles. The second-order valence-electron chi connectivity index (χ2n) is 5.78. The molecule has 2 N–H and O–H groups in total. The van der Waals surface area contributed by atoms with Crippen LogP contribution in [-0.4, -0.2) is 54.0 Å². The van der Waals surface area contributed by atoms with Crippen molar-refractivity contribution in [2.24, 2.45) is 5.73 Å². The highest BCUT2D eigenvalue weighted by atomic mass is 16.2. The lowest BCUT2D eigenvalue weighted by atomic mass is 9.92. The molecule has 1 unspecified atom stereocenters. The van der Waals surface area contributed by atoms with Gasteiger partial charge in [-0.3, -0.25) is 9.69 Å². The van der Waals surface area contributed by atoms with Gasteiger partial charge in [-0.05, 0) is 33.2 Å². The summed E-state index contributed by atoms with van der Waals surface area (Å²) in [6.45, 7) is 9.44. The van der Waals surface area contributed by atoms with Gasteiger partial charge in [0, 0.05) is 38.1 Å². The van der Waals surface area contributed by atoms with Gasteiger partial charge in [0.1, 0.15) is 0 Å². The molecule has 0 spiro atoms. The normalized spacial score (nSPS) is 18.2. The Morgan fingerprint density at radius 2 is 1.70 bits per heavy atom. The zero-order valence-electron chi connectivity index (χ0n) is 13.6. The summed E-state index contributed by atoms with van der Waals surface area (Å²) in [6.07, 6.45) is 7.11. The number of nitrogens with zero attached hydrogens (tertiary/aromatic N) is 2. The van der Waals surface area contributed by atoms with Gasteiger partial charge < -0.3 is 10.6 Å². The molecular formula is C16H33N3O. The number of carbonyl (C=O) groups is 1. The van der Waals surface area contributed by atoms with E-state index < -0.39 is 0 Å². The summed E-state index contributed by atoms with van der Waals surface area (Å²) in [5.41, 5.74) is 5.97. The van der Waals surface area contributed by atoms with Crippen LogP contribution in [0.15, 0.2) is 0 Å². The molecule has 0 aliphatic heterocycles. The standard InChI is InChI=1S/C16H33N3O/c1-4-18(5-2)16(20)12-15(13-17)19(6-3)14-10-8-7-9-11-14/h14-15H,4-13,17H2,1-3H3. The van der Waals surface area contributed by atoms with E-state index in [1.165, 1.54) is 32.1 Å². The van der Waals surface area contributed by atoms with Crippen molar-refractivity contribution in [1.29, 1.82) is 0 Å². The van der Waals surface area contributed by atoms with E-state index in [9.17, 15) is 4.79 Å². The molecule has 1 fully saturated rings. The molecule has 118 valence electrons. The quantitative estimate of drug-likeness (QED) is 0.743. The molecule has 0 heterocycles. The predicted molar refractivity (Wildman–Crippen MR) is 84.6 cm³/mol. The first-order chi connectivity index (χ1) is 9.67. The fourth-order valence-corrected chi connectivity index (χ4v) is 3.47. The summed E-state index contributed by atoms with van der Waals surface area (Å²) in [6, 6.07) is 0.836. The summed E-state index contributed by atoms with van der Waals surface area (Å²) in [7, 11) is 0. The van der Waals surface area contributed by atoms with E-state index in [2.05, 4.69) is 11.8 Å². The minimum absolute atomic E-state index is 0.205. The van der Waals surface area contributed by atoms with Gasteiger partial charge in [-0.1, -0.05) is 26.2 Å². The summed E-state index contributed by atoms with van der Waals surface area (Å²) in [5.74, 6) is 0.250. The Labute approximate surface area is 124 Å². The molecule has 0 bridgehead atoms. The van der Waals surface area contributed by atoms with Crippen LogP contribution in [0, 0.1) is 0 Å². The second-order valence-corrected chi connectivity index (χ2v) is 5.78. The van der Waals surface area contributed by atoms with Crippen LogP contribution in [0.2, 0.25) is 0 Å². The van der Waals surface area contributed by atoms with Crippen molar-refractivity contribution >= 4 is 5.91 Å². The number of carbonyl (C=O) groups excluding carboxylic acids is 1. The Balaban J connectivity index is 2.63. The summed E-state index contributed by atoms with van der Waals surface area (Å²) >= 11 is 0. The number of hydrogen-bond donors (Lipinski definition) is 1. The molecule has 0 aromatic carbocycles. The molecule has 4 nitrogen and oxygen atoms in total. The minimum atomic E-state index is 0.205. The van der Waals surface area contributed by atoms with Crippen LogP contribution >= 0.6 is 0 Å². The Bertz CT molecular complexity index is 273. The van der Waals surface area contributed by atoms with E-state index in [1.807, 2.05) is 18.7 Å². The van der Waals surface area contributed by atoms with Crippen LogP contribution in [0.3, 0.4) is 0 Å². The van der Waals surface area contributed by atoms with Gasteiger partial charge in [-0.2, -0.15) is 0 Å². The van der Waals surface area contributed by atoms with Crippen molar-refractivity contribution < 1.29 is 4.79 Å². The highest BCUT2D eigenvalue weighted by Crippen LogP contribution is 2.24. The summed E-state index contributed by atoms with van der Waals surface area (Å²) in [5, 5.41) is 0. The highest BCUT2D eigenvalue weighted by Gasteiger charge is 2.28. The highest BCUT2D eigenvalue weighted by molar-refractivity contribution is 5.76. The largest absolute Gasteiger partial charge is 0.343 e. The van der Waals surface area contributed by atoms with E-state index in [0.29, 0.717) is 19.0 Å². The van der Waals surface area contributed by atoms with Crippen LogP contribution < -0.4 is 5.73 Å². The molecule has 1 atom stereocenters. The average Bonchev–Trinajstić information content (AvgIpc) is 2.49. The van der Waals surface area contributed by atoms with Gasteiger partial charge in [-0.25, -0.2) is 0 Å². The molecule has 0 aromatic rings. The molecule has 1 aliphatic rings. The first kappa shape index (κ1) is 17.4. The van der Waals surface area contributed by atoms with Gasteiger partial charge in [0.05, 0.1) is 0 Å². The Hall–Kier alpha value is -0.610. The Morgan fingerprint density at radius 1 is 1.10 bits per heavy atom. The molecular weight excluding hydrogens is 250 g/mol. The van der Waals surface area contributed by atoms with Crippen molar-refractivity contribution in [2.75, 3.05) is 26.2 Å². The minimum Gasteiger partial charge on any atom is -0.343 e. The van der Waals surface area contributed by atoms with Crippen molar-refractivity contribution in [2.45, 2.75) is 71.4 Å². The number of likely N-dealkylation sites (N-methyl/N-ethyl adjacent to an activating group) is 1. The van der Waals surface area contributed by atoms with Gasteiger partial charge in [-0.15, -0.1) is 0 Å². The smallest absolute Gasteiger partial charge is 0.224 e. The van der Waals surface area contributed by atoms with Crippen LogP contribution in [0.4, 0.5) is 0 Å². The number of rotatable bonds is 8. The molecule has 1 saturated carbocycles. The lowest BCUT2D eigenvalue weighted by Crippen LogP contribution is -2.49. The molecule has 0 radical (unpaired) electrons. The van der Waals surface area contributed by atoms with Crippen LogP contribution in [0.25, 0.3) is 0 Å². The Kier molecular flexibility index (Phi) is 8.15. The molecule has 0 aromatic heterocycles. The van der Waals surface area contributed by atoms with E-state index in [4.69, 9.17) is 5.73 Å². The fourth-order valence-electron chi connectivity index (χ4n) is 3.47. The summed E-state index contributed by atoms with van der Waals surface area (Å²) < 4.78 is 0. The predicted octanol–water partition coefficient (Wildman–Crippen LogP) is 2.23. The first-order valence-corrected chi connectivity index (χ1v) is 8.41. The van der Waals surface area contributed by atoms with Crippen molar-refractivity contribution in [3.63, 3.8) is 0 Å². The lowest BCUT2D eigenvalue weighted by molar-refractivity contribution is -0.132. The zero-order chi connectivity index (χ0) is 15.0. The third kappa shape index (κ3) is 4.74. The van der Waals surface area contributed by atoms with Crippen LogP contribution in [0.5, 0.6) is 0 Å². The van der Waals surface area contributed by atoms with Crippen LogP contribution in [-0.2, 0) is 4.79 Å². The molecule has 20 heavy (non-hydrogen) atoms. The number of amides is 1. The Morgan fingerprint density at radius 3 is 2.15 bits per heavy atom. The number of hydrogen-bond acceptors (Lipinski definition) is 3. The molecule has 4 heteroatoms. The monoisotopic (exact) mass is 283 g/mol. The van der Waals surface area contributed by atoms with Crippen molar-refractivity contribution in [1.82, 2.24) is 9.80 Å². The molecule has 1 rings (SSSR count). The van der Waals surface area contributed by atoms with Gasteiger partial charge in [0.2, 0.25) is 5.91 Å². The first-order valence-electron chi connectivity index (χ1n) is 8.41. The van der Waals surface area contributed by atoms with E-state index >= 15 is 0 Å². The third-order valence-corrected chi connectivity index (χ3v) is 4.68. The maximum atomic E-state index is 12.3. The van der Waals surface area contributed by atoms with Gasteiger partial charge in [0.25, 0.3) is 0 Å². The van der Waals surface area contributed by atoms with E-state index in [-0.39, 0.29) is 11.9 Å². The SMILES string of the molecule is CCN(CC)C(=O)CC(CN)N(CC)C1CCCCC1. The van der Waals surface area contributed by atoms with Gasteiger partial charge >= 0.3 is 0 Å². The van der Waals surface area contributed by atoms with Crippen molar-refractivity contribution in [3.8, 4) is 0 Å². The topological polar surface area (TPSA) is 49.6 Å². The van der Waals surface area contributed by atoms with Gasteiger partial charge in [0.15, 0.2) is 0 Å². The summed E-state index contributed by atoms with van der Waals surface area (Å²) in [4.78, 5) is 16.7. The lowest BCUT2D eigenvalue weighted by Gasteiger charge is -2.39. The number of nitrogens with two attached hydrogens (primary N) is 1. The fraction of sp³-hybridized carbons (Fsp3) is 0.938. The zero-order valence-corrected chi connectivity index (χ0v) is 13.6. The third-order valence-electron chi connectivity index (χ3n) is 4.68. The molecule has 1 amide bonds. The maximum Gasteiger partial charge on any atom is 0.224 e. The van der Waals surface area contributed by atoms with Crippen molar-refractivity contribution in [3.05, 3.63) is 0 Å².